The third-order valence-corrected chi connectivity index (χ3v) is 0.868. The van der Waals surface area contributed by atoms with Gasteiger partial charge in [0.15, 0.2) is 6.10 Å². The Kier molecular flexibility index (Phi) is 3.03. The van der Waals surface area contributed by atoms with Crippen molar-refractivity contribution in [2.75, 3.05) is 0 Å². The number of rotatable bonds is 1. The summed E-state index contributed by atoms with van der Waals surface area (Å²) in [7, 11) is 0. The van der Waals surface area contributed by atoms with Crippen molar-refractivity contribution in [3.63, 3.8) is 0 Å². The minimum Gasteiger partial charge on any atom is -0.435 e. The molecule has 0 aliphatic carbocycles. The van der Waals surface area contributed by atoms with Crippen molar-refractivity contribution in [3.8, 4) is 0 Å². The number of nitrogens with zero attached hydrogens (tertiary/aromatic N) is 1. The van der Waals surface area contributed by atoms with E-state index < -0.39 is 18.4 Å². The van der Waals surface area contributed by atoms with Gasteiger partial charge in [-0.1, -0.05) is 0 Å². The minimum absolute atomic E-state index is 0.711. The highest BCUT2D eigenvalue weighted by Gasteiger charge is 2.38. The summed E-state index contributed by atoms with van der Waals surface area (Å²) < 4.78 is 38.6. The van der Waals surface area contributed by atoms with Crippen molar-refractivity contribution in [3.05, 3.63) is 0 Å². The molecule has 0 saturated carbocycles. The molecule has 0 aliphatic rings. The van der Waals surface area contributed by atoms with Gasteiger partial charge in [-0.25, -0.2) is 4.79 Å². The molecule has 11 heavy (non-hydrogen) atoms. The minimum atomic E-state index is -4.54. The third-order valence-electron chi connectivity index (χ3n) is 0.868. The quantitative estimate of drug-likeness (QED) is 0.561. The molecule has 0 heterocycles. The number of ether oxygens (including phenoxy) is 1. The van der Waals surface area contributed by atoms with Crippen LogP contribution in [0.1, 0.15) is 6.92 Å². The highest BCUT2D eigenvalue weighted by Crippen LogP contribution is 2.22. The van der Waals surface area contributed by atoms with Crippen molar-refractivity contribution in [1.82, 2.24) is 0 Å². The molecular formula is C5H6F3NO2. The Labute approximate surface area is 60.9 Å². The zero-order chi connectivity index (χ0) is 9.07. The summed E-state index contributed by atoms with van der Waals surface area (Å²) in [6.45, 7) is 3.42. The topological polar surface area (TPSA) is 38.7 Å². The summed E-state index contributed by atoms with van der Waals surface area (Å²) in [5, 5.41) is 0. The Bertz CT molecular complexity index is 166. The molecule has 1 amide bonds. The summed E-state index contributed by atoms with van der Waals surface area (Å²) in [4.78, 5) is 12.7. The molecule has 0 bridgehead atoms. The molecule has 3 nitrogen and oxygen atoms in total. The predicted octanol–water partition coefficient (Wildman–Crippen LogP) is 1.77. The second kappa shape index (κ2) is 3.36. The van der Waals surface area contributed by atoms with Crippen LogP contribution in [0.3, 0.4) is 0 Å². The highest BCUT2D eigenvalue weighted by molar-refractivity contribution is 5.73. The van der Waals surface area contributed by atoms with Crippen LogP contribution in [-0.4, -0.2) is 25.1 Å². The second-order valence-electron chi connectivity index (χ2n) is 1.73. The van der Waals surface area contributed by atoms with Crippen LogP contribution in [0.5, 0.6) is 0 Å². The van der Waals surface area contributed by atoms with Crippen molar-refractivity contribution in [2.24, 2.45) is 4.99 Å². The monoisotopic (exact) mass is 169 g/mol. The van der Waals surface area contributed by atoms with Crippen molar-refractivity contribution in [1.29, 1.82) is 0 Å². The fourth-order valence-corrected chi connectivity index (χ4v) is 0.255. The van der Waals surface area contributed by atoms with E-state index in [1.807, 2.05) is 0 Å². The summed E-state index contributed by atoms with van der Waals surface area (Å²) in [6, 6.07) is 0. The lowest BCUT2D eigenvalue weighted by atomic mass is 10.4. The Hall–Kier alpha value is -1.07. The van der Waals surface area contributed by atoms with E-state index in [9.17, 15) is 18.0 Å². The molecule has 0 aliphatic heterocycles. The van der Waals surface area contributed by atoms with Gasteiger partial charge in [-0.3, -0.25) is 0 Å². The maximum Gasteiger partial charge on any atom is 0.433 e. The number of hydrogen-bond donors (Lipinski definition) is 0. The molecule has 0 radical (unpaired) electrons. The normalized spacial score (nSPS) is 13.8. The zero-order valence-corrected chi connectivity index (χ0v) is 5.68. The number of carbonyl (C=O) groups is 1. The summed E-state index contributed by atoms with van der Waals surface area (Å²) in [5.74, 6) is 0. The van der Waals surface area contributed by atoms with Crippen molar-refractivity contribution < 1.29 is 22.7 Å². The van der Waals surface area contributed by atoms with Crippen LogP contribution < -0.4 is 0 Å². The fourth-order valence-electron chi connectivity index (χ4n) is 0.255. The third kappa shape index (κ3) is 3.59. The van der Waals surface area contributed by atoms with Gasteiger partial charge in [0.1, 0.15) is 0 Å². The maximum absolute atomic E-state index is 11.6. The lowest BCUT2D eigenvalue weighted by molar-refractivity contribution is -0.196. The van der Waals surface area contributed by atoms with Crippen LogP contribution in [0, 0.1) is 0 Å². The van der Waals surface area contributed by atoms with Crippen molar-refractivity contribution >= 4 is 12.8 Å². The number of alkyl halides is 3. The van der Waals surface area contributed by atoms with Gasteiger partial charge in [0, 0.05) is 0 Å². The van der Waals surface area contributed by atoms with Crippen LogP contribution in [0.15, 0.2) is 4.99 Å². The van der Waals surface area contributed by atoms with Gasteiger partial charge in [-0.05, 0) is 13.6 Å². The van der Waals surface area contributed by atoms with Crippen LogP contribution in [0.25, 0.3) is 0 Å². The van der Waals surface area contributed by atoms with E-state index in [0.717, 1.165) is 0 Å². The molecule has 1 atom stereocenters. The Morgan fingerprint density at radius 2 is 2.09 bits per heavy atom. The fraction of sp³-hybridized carbons (Fsp3) is 0.600. The molecule has 0 N–H and O–H groups in total. The molecule has 0 aromatic heterocycles. The standard InChI is InChI=1S/C5H6F3NO2/c1-3(5(6,7)8)11-4(10)9-2/h3H,2H2,1H3/t3-/m1/s1. The molecular weight excluding hydrogens is 163 g/mol. The van der Waals surface area contributed by atoms with Crippen molar-refractivity contribution in [2.45, 2.75) is 19.2 Å². The van der Waals surface area contributed by atoms with E-state index >= 15 is 0 Å². The lowest BCUT2D eigenvalue weighted by Gasteiger charge is -2.13. The van der Waals surface area contributed by atoms with Gasteiger partial charge in [-0.15, -0.1) is 0 Å². The molecule has 64 valence electrons. The number of amides is 1. The highest BCUT2D eigenvalue weighted by atomic mass is 19.4. The second-order valence-corrected chi connectivity index (χ2v) is 1.73. The first kappa shape index (κ1) is 9.93. The summed E-state index contributed by atoms with van der Waals surface area (Å²) in [5.41, 5.74) is 0. The van der Waals surface area contributed by atoms with Crippen LogP contribution >= 0.6 is 0 Å². The van der Waals surface area contributed by atoms with Gasteiger partial charge in [0.2, 0.25) is 0 Å². The summed E-state index contributed by atoms with van der Waals surface area (Å²) >= 11 is 0. The van der Waals surface area contributed by atoms with Gasteiger partial charge in [-0.2, -0.15) is 18.2 Å². The average molecular weight is 169 g/mol. The van der Waals surface area contributed by atoms with Crippen LogP contribution in [-0.2, 0) is 4.74 Å². The molecule has 0 aromatic rings. The number of carbonyl (C=O) groups excluding carboxylic acids is 1. The van der Waals surface area contributed by atoms with Gasteiger partial charge >= 0.3 is 12.3 Å². The first-order valence-corrected chi connectivity index (χ1v) is 2.62. The van der Waals surface area contributed by atoms with E-state index in [4.69, 9.17) is 0 Å². The predicted molar refractivity (Wildman–Crippen MR) is 31.5 cm³/mol. The Morgan fingerprint density at radius 3 is 2.36 bits per heavy atom. The SMILES string of the molecule is C=NC(=O)O[C@H](C)C(F)(F)F. The van der Waals surface area contributed by atoms with E-state index in [1.165, 1.54) is 0 Å². The number of aliphatic imine (C=N–C) groups is 1. The van der Waals surface area contributed by atoms with E-state index in [0.29, 0.717) is 6.92 Å². The van der Waals surface area contributed by atoms with Gasteiger partial charge in [0.05, 0.1) is 0 Å². The van der Waals surface area contributed by atoms with Crippen LogP contribution in [0.2, 0.25) is 0 Å². The molecule has 0 rings (SSSR count). The Balaban J connectivity index is 3.97. The first-order valence-electron chi connectivity index (χ1n) is 2.62. The lowest BCUT2D eigenvalue weighted by Crippen LogP contribution is -2.29. The maximum atomic E-state index is 11.6. The number of halogens is 3. The Morgan fingerprint density at radius 1 is 1.64 bits per heavy atom. The van der Waals surface area contributed by atoms with Gasteiger partial charge < -0.3 is 4.74 Å². The van der Waals surface area contributed by atoms with E-state index in [-0.39, 0.29) is 0 Å². The molecule has 0 unspecified atom stereocenters. The first-order chi connectivity index (χ1) is 4.88. The van der Waals surface area contributed by atoms with Gasteiger partial charge in [0.25, 0.3) is 0 Å². The molecule has 0 fully saturated rings. The molecule has 0 aromatic carbocycles. The smallest absolute Gasteiger partial charge is 0.433 e. The number of hydrogen-bond acceptors (Lipinski definition) is 2. The molecule has 0 saturated heterocycles. The average Bonchev–Trinajstić information content (AvgIpc) is 1.85. The largest absolute Gasteiger partial charge is 0.435 e. The van der Waals surface area contributed by atoms with E-state index in [2.05, 4.69) is 16.4 Å². The zero-order valence-electron chi connectivity index (χ0n) is 5.68. The molecule has 6 heteroatoms. The van der Waals surface area contributed by atoms with E-state index in [1.54, 1.807) is 0 Å². The van der Waals surface area contributed by atoms with Crippen LogP contribution in [0.4, 0.5) is 18.0 Å². The molecule has 0 spiro atoms. The summed E-state index contributed by atoms with van der Waals surface area (Å²) in [6.07, 6.45) is -8.00.